The number of amides is 1. The van der Waals surface area contributed by atoms with Gasteiger partial charge in [0.2, 0.25) is 0 Å². The van der Waals surface area contributed by atoms with Gasteiger partial charge >= 0.3 is 6.09 Å². The van der Waals surface area contributed by atoms with Crippen LogP contribution >= 0.6 is 11.3 Å². The van der Waals surface area contributed by atoms with Gasteiger partial charge in [-0.2, -0.15) is 0 Å². The molecule has 0 aliphatic carbocycles. The van der Waals surface area contributed by atoms with E-state index in [1.807, 2.05) is 26.2 Å². The zero-order valence-electron chi connectivity index (χ0n) is 19.1. The van der Waals surface area contributed by atoms with Crippen molar-refractivity contribution in [3.05, 3.63) is 46.4 Å². The van der Waals surface area contributed by atoms with E-state index in [4.69, 9.17) is 14.5 Å². The summed E-state index contributed by atoms with van der Waals surface area (Å²) in [4.78, 5) is 18.9. The Kier molecular flexibility index (Phi) is 6.59. The van der Waals surface area contributed by atoms with Crippen molar-refractivity contribution in [3.63, 3.8) is 0 Å². The molecule has 0 saturated carbocycles. The molecular weight excluding hydrogens is 447 g/mol. The molecule has 0 bridgehead atoms. The first-order chi connectivity index (χ1) is 15.7. The molecule has 1 amide bonds. The Morgan fingerprint density at radius 1 is 1.33 bits per heavy atom. The SMILES string of the molecule is C[C@H]1CN(C(=O)OC(C)(C)C)CC[C@H]1c1nc(COc2ccc(-n3cnnn3)cc2F)cs1. The number of carbonyl (C=O) groups excluding carboxylic acids is 1. The summed E-state index contributed by atoms with van der Waals surface area (Å²) in [5.41, 5.74) is 0.752. The molecule has 1 aliphatic rings. The molecule has 1 aromatic carbocycles. The number of ether oxygens (including phenoxy) is 2. The van der Waals surface area contributed by atoms with Crippen molar-refractivity contribution >= 4 is 17.4 Å². The van der Waals surface area contributed by atoms with Gasteiger partial charge in [0.1, 0.15) is 18.5 Å². The van der Waals surface area contributed by atoms with Crippen molar-refractivity contribution in [1.29, 1.82) is 0 Å². The van der Waals surface area contributed by atoms with Crippen LogP contribution in [0, 0.1) is 11.7 Å². The summed E-state index contributed by atoms with van der Waals surface area (Å²) in [5, 5.41) is 13.8. The fourth-order valence-corrected chi connectivity index (χ4v) is 4.82. The highest BCUT2D eigenvalue weighted by molar-refractivity contribution is 7.09. The lowest BCUT2D eigenvalue weighted by Crippen LogP contribution is -2.44. The average molecular weight is 475 g/mol. The van der Waals surface area contributed by atoms with Crippen LogP contribution in [0.2, 0.25) is 0 Å². The standard InChI is InChI=1S/C22H27FN6O3S/c1-14-10-28(21(30)32-22(2,3)4)8-7-17(14)20-25-15(12-33-20)11-31-19-6-5-16(9-18(19)23)29-13-24-26-27-29/h5-6,9,12-14,17H,7-8,10-11H2,1-4H3/t14-,17+/m0/s1. The second-order valence-corrected chi connectivity index (χ2v) is 10.0. The lowest BCUT2D eigenvalue weighted by molar-refractivity contribution is 0.0155. The van der Waals surface area contributed by atoms with Gasteiger partial charge in [0.05, 0.1) is 16.4 Å². The maximum Gasteiger partial charge on any atom is 0.410 e. The summed E-state index contributed by atoms with van der Waals surface area (Å²) in [5.74, 6) is 0.152. The number of halogens is 1. The van der Waals surface area contributed by atoms with Crippen LogP contribution in [0.5, 0.6) is 5.75 Å². The average Bonchev–Trinajstić information content (AvgIpc) is 3.44. The van der Waals surface area contributed by atoms with Gasteiger partial charge in [-0.25, -0.2) is 18.9 Å². The minimum absolute atomic E-state index is 0.139. The Balaban J connectivity index is 1.34. The highest BCUT2D eigenvalue weighted by Crippen LogP contribution is 2.35. The van der Waals surface area contributed by atoms with Crippen LogP contribution < -0.4 is 4.74 Å². The molecule has 3 heterocycles. The van der Waals surface area contributed by atoms with E-state index in [9.17, 15) is 9.18 Å². The molecule has 0 unspecified atom stereocenters. The summed E-state index contributed by atoms with van der Waals surface area (Å²) >= 11 is 1.57. The fraction of sp³-hybridized carbons (Fsp3) is 0.500. The number of nitrogens with zero attached hydrogens (tertiary/aromatic N) is 6. The zero-order chi connectivity index (χ0) is 23.6. The molecule has 0 radical (unpaired) electrons. The van der Waals surface area contributed by atoms with Gasteiger partial charge in [-0.3, -0.25) is 0 Å². The van der Waals surface area contributed by atoms with E-state index in [0.29, 0.717) is 18.8 Å². The van der Waals surface area contributed by atoms with Crippen molar-refractivity contribution in [3.8, 4) is 11.4 Å². The van der Waals surface area contributed by atoms with Crippen LogP contribution in [-0.4, -0.2) is 54.9 Å². The third-order valence-corrected chi connectivity index (χ3v) is 6.37. The van der Waals surface area contributed by atoms with E-state index in [2.05, 4.69) is 22.4 Å². The summed E-state index contributed by atoms with van der Waals surface area (Å²) in [7, 11) is 0. The van der Waals surface area contributed by atoms with E-state index in [1.165, 1.54) is 17.1 Å². The number of hydrogen-bond donors (Lipinski definition) is 0. The maximum atomic E-state index is 14.4. The second-order valence-electron chi connectivity index (χ2n) is 9.13. The van der Waals surface area contributed by atoms with Crippen LogP contribution in [-0.2, 0) is 11.3 Å². The van der Waals surface area contributed by atoms with Crippen molar-refractivity contribution in [2.24, 2.45) is 5.92 Å². The first kappa shape index (κ1) is 23.1. The lowest BCUT2D eigenvalue weighted by atomic mass is 9.87. The Bertz CT molecular complexity index is 1100. The number of thiazole rings is 1. The molecule has 11 heteroatoms. The molecule has 2 aromatic heterocycles. The van der Waals surface area contributed by atoms with Gasteiger partial charge in [-0.1, -0.05) is 6.92 Å². The molecule has 0 spiro atoms. The number of rotatable bonds is 5. The molecule has 3 aromatic rings. The molecule has 2 atom stereocenters. The van der Waals surface area contributed by atoms with E-state index in [1.54, 1.807) is 28.4 Å². The number of piperidine rings is 1. The van der Waals surface area contributed by atoms with Crippen molar-refractivity contribution in [2.45, 2.75) is 52.2 Å². The molecule has 176 valence electrons. The maximum absolute atomic E-state index is 14.4. The molecular formula is C22H27FN6O3S. The summed E-state index contributed by atoms with van der Waals surface area (Å²) in [6.45, 7) is 9.17. The fourth-order valence-electron chi connectivity index (χ4n) is 3.74. The van der Waals surface area contributed by atoms with Crippen molar-refractivity contribution in [2.75, 3.05) is 13.1 Å². The second kappa shape index (κ2) is 9.42. The Labute approximate surface area is 195 Å². The number of carbonyl (C=O) groups is 1. The number of tetrazole rings is 1. The van der Waals surface area contributed by atoms with E-state index >= 15 is 0 Å². The molecule has 9 nitrogen and oxygen atoms in total. The first-order valence-electron chi connectivity index (χ1n) is 10.8. The van der Waals surface area contributed by atoms with Gasteiger partial charge < -0.3 is 14.4 Å². The van der Waals surface area contributed by atoms with Crippen LogP contribution in [0.25, 0.3) is 5.69 Å². The number of aromatic nitrogens is 5. The molecule has 33 heavy (non-hydrogen) atoms. The van der Waals surface area contributed by atoms with Crippen molar-refractivity contribution in [1.82, 2.24) is 30.1 Å². The normalized spacial score (nSPS) is 18.9. The van der Waals surface area contributed by atoms with Crippen molar-refractivity contribution < 1.29 is 18.7 Å². The monoisotopic (exact) mass is 474 g/mol. The third-order valence-electron chi connectivity index (χ3n) is 5.35. The van der Waals surface area contributed by atoms with Gasteiger partial charge in [0.25, 0.3) is 0 Å². The smallest absolute Gasteiger partial charge is 0.410 e. The number of benzene rings is 1. The van der Waals surface area contributed by atoms with Crippen LogP contribution in [0.4, 0.5) is 9.18 Å². The van der Waals surface area contributed by atoms with Crippen LogP contribution in [0.15, 0.2) is 29.9 Å². The Hall–Kier alpha value is -3.08. The lowest BCUT2D eigenvalue weighted by Gasteiger charge is -2.36. The minimum Gasteiger partial charge on any atom is -0.484 e. The highest BCUT2D eigenvalue weighted by Gasteiger charge is 2.33. The van der Waals surface area contributed by atoms with E-state index < -0.39 is 11.4 Å². The summed E-state index contributed by atoms with van der Waals surface area (Å²) in [6, 6.07) is 4.55. The van der Waals surface area contributed by atoms with Crippen LogP contribution in [0.3, 0.4) is 0 Å². The predicted octanol–water partition coefficient (Wildman–Crippen LogP) is 4.20. The largest absolute Gasteiger partial charge is 0.484 e. The zero-order valence-corrected chi connectivity index (χ0v) is 19.9. The molecule has 0 N–H and O–H groups in total. The Morgan fingerprint density at radius 3 is 2.82 bits per heavy atom. The van der Waals surface area contributed by atoms with E-state index in [-0.39, 0.29) is 30.3 Å². The van der Waals surface area contributed by atoms with Gasteiger partial charge in [0, 0.05) is 30.5 Å². The molecule has 1 saturated heterocycles. The van der Waals surface area contributed by atoms with E-state index in [0.717, 1.165) is 17.1 Å². The van der Waals surface area contributed by atoms with Crippen LogP contribution in [0.1, 0.15) is 50.7 Å². The quantitative estimate of drug-likeness (QED) is 0.547. The summed E-state index contributed by atoms with van der Waals surface area (Å²) < 4.78 is 27.0. The Morgan fingerprint density at radius 2 is 2.15 bits per heavy atom. The van der Waals surface area contributed by atoms with Gasteiger partial charge in [-0.15, -0.1) is 16.4 Å². The number of likely N-dealkylation sites (tertiary alicyclic amines) is 1. The first-order valence-corrected chi connectivity index (χ1v) is 11.7. The molecule has 1 aliphatic heterocycles. The third kappa shape index (κ3) is 5.65. The minimum atomic E-state index is -0.505. The highest BCUT2D eigenvalue weighted by atomic mass is 32.1. The number of hydrogen-bond acceptors (Lipinski definition) is 8. The molecule has 1 fully saturated rings. The van der Waals surface area contributed by atoms with Gasteiger partial charge in [-0.05, 0) is 55.7 Å². The topological polar surface area (TPSA) is 95.3 Å². The summed E-state index contributed by atoms with van der Waals surface area (Å²) in [6.07, 6.45) is 1.95. The predicted molar refractivity (Wildman–Crippen MR) is 120 cm³/mol. The van der Waals surface area contributed by atoms with Gasteiger partial charge in [0.15, 0.2) is 11.6 Å². The molecule has 4 rings (SSSR count).